The summed E-state index contributed by atoms with van der Waals surface area (Å²) in [4.78, 5) is 0. The van der Waals surface area contributed by atoms with E-state index in [1.807, 2.05) is 42.5 Å². The molecule has 0 radical (unpaired) electrons. The number of halogens is 1. The SMILES string of the molecule is COc1ccc(C(=N)C2CNc3cc(Cl)ccc32)cc1. The number of benzene rings is 2. The molecule has 1 atom stereocenters. The van der Waals surface area contributed by atoms with Crippen molar-refractivity contribution in [2.45, 2.75) is 5.92 Å². The van der Waals surface area contributed by atoms with Crippen LogP contribution in [0.3, 0.4) is 0 Å². The Morgan fingerprint density at radius 1 is 1.25 bits per heavy atom. The lowest BCUT2D eigenvalue weighted by Crippen LogP contribution is -2.14. The largest absolute Gasteiger partial charge is 0.497 e. The van der Waals surface area contributed by atoms with Gasteiger partial charge in [-0.05, 0) is 47.5 Å². The normalized spacial score (nSPS) is 16.4. The molecule has 2 aromatic carbocycles. The predicted molar refractivity (Wildman–Crippen MR) is 82.5 cm³/mol. The van der Waals surface area contributed by atoms with Crippen LogP contribution in [0, 0.1) is 5.41 Å². The van der Waals surface area contributed by atoms with E-state index in [2.05, 4.69) is 5.32 Å². The first-order valence-electron chi connectivity index (χ1n) is 6.45. The van der Waals surface area contributed by atoms with Gasteiger partial charge in [-0.2, -0.15) is 0 Å². The predicted octanol–water partition coefficient (Wildman–Crippen LogP) is 3.93. The van der Waals surface area contributed by atoms with Crippen molar-refractivity contribution in [2.24, 2.45) is 0 Å². The molecule has 102 valence electrons. The average molecular weight is 287 g/mol. The molecule has 3 nitrogen and oxygen atoms in total. The Morgan fingerprint density at radius 3 is 2.70 bits per heavy atom. The highest BCUT2D eigenvalue weighted by molar-refractivity contribution is 6.31. The summed E-state index contributed by atoms with van der Waals surface area (Å²) in [6.07, 6.45) is 0. The number of nitrogens with one attached hydrogen (secondary N) is 2. The van der Waals surface area contributed by atoms with Crippen LogP contribution in [0.15, 0.2) is 42.5 Å². The lowest BCUT2D eigenvalue weighted by atomic mass is 9.91. The maximum absolute atomic E-state index is 8.43. The third kappa shape index (κ3) is 2.25. The van der Waals surface area contributed by atoms with Crippen LogP contribution < -0.4 is 10.1 Å². The van der Waals surface area contributed by atoms with Crippen molar-refractivity contribution in [1.29, 1.82) is 5.41 Å². The van der Waals surface area contributed by atoms with Crippen molar-refractivity contribution in [1.82, 2.24) is 0 Å². The fraction of sp³-hybridized carbons (Fsp3) is 0.188. The minimum atomic E-state index is 0.0654. The molecule has 1 heterocycles. The van der Waals surface area contributed by atoms with Crippen LogP contribution in [0.5, 0.6) is 5.75 Å². The molecular weight excluding hydrogens is 272 g/mol. The smallest absolute Gasteiger partial charge is 0.118 e. The zero-order chi connectivity index (χ0) is 14.1. The van der Waals surface area contributed by atoms with Gasteiger partial charge in [0.1, 0.15) is 5.75 Å². The molecule has 2 N–H and O–H groups in total. The molecule has 1 aliphatic rings. The molecule has 0 aromatic heterocycles. The molecule has 1 aliphatic heterocycles. The molecule has 0 spiro atoms. The second-order valence-electron chi connectivity index (χ2n) is 4.81. The summed E-state index contributed by atoms with van der Waals surface area (Å²) in [5.74, 6) is 0.869. The van der Waals surface area contributed by atoms with E-state index in [1.54, 1.807) is 7.11 Å². The van der Waals surface area contributed by atoms with Gasteiger partial charge in [0, 0.05) is 28.9 Å². The van der Waals surface area contributed by atoms with Gasteiger partial charge >= 0.3 is 0 Å². The molecule has 0 saturated heterocycles. The van der Waals surface area contributed by atoms with Crippen LogP contribution in [0.4, 0.5) is 5.69 Å². The van der Waals surface area contributed by atoms with Gasteiger partial charge in [0.15, 0.2) is 0 Å². The van der Waals surface area contributed by atoms with Crippen LogP contribution in [-0.2, 0) is 0 Å². The van der Waals surface area contributed by atoms with Gasteiger partial charge in [0.05, 0.1) is 7.11 Å². The summed E-state index contributed by atoms with van der Waals surface area (Å²) >= 11 is 5.99. The maximum atomic E-state index is 8.43. The Morgan fingerprint density at radius 2 is 2.00 bits per heavy atom. The molecular formula is C16H15ClN2O. The Bertz CT molecular complexity index is 652. The fourth-order valence-corrected chi connectivity index (χ4v) is 2.71. The number of methoxy groups -OCH3 is 1. The first kappa shape index (κ1) is 13.0. The van der Waals surface area contributed by atoms with Crippen molar-refractivity contribution in [2.75, 3.05) is 19.0 Å². The third-order valence-electron chi connectivity index (χ3n) is 3.64. The van der Waals surface area contributed by atoms with Gasteiger partial charge in [-0.3, -0.25) is 0 Å². The molecule has 0 saturated carbocycles. The van der Waals surface area contributed by atoms with Crippen molar-refractivity contribution >= 4 is 23.0 Å². The van der Waals surface area contributed by atoms with Crippen molar-refractivity contribution in [3.05, 3.63) is 58.6 Å². The lowest BCUT2D eigenvalue weighted by molar-refractivity contribution is 0.415. The first-order chi connectivity index (χ1) is 9.69. The summed E-state index contributed by atoms with van der Waals surface area (Å²) < 4.78 is 5.15. The Hall–Kier alpha value is -2.00. The van der Waals surface area contributed by atoms with E-state index < -0.39 is 0 Å². The number of ether oxygens (including phenoxy) is 1. The van der Waals surface area contributed by atoms with E-state index in [0.717, 1.165) is 29.1 Å². The lowest BCUT2D eigenvalue weighted by Gasteiger charge is -2.13. The highest BCUT2D eigenvalue weighted by atomic mass is 35.5. The minimum Gasteiger partial charge on any atom is -0.497 e. The molecule has 2 aromatic rings. The van der Waals surface area contributed by atoms with E-state index in [1.165, 1.54) is 0 Å². The average Bonchev–Trinajstić information content (AvgIpc) is 2.89. The highest BCUT2D eigenvalue weighted by Gasteiger charge is 2.26. The Labute approximate surface area is 123 Å². The summed E-state index contributed by atoms with van der Waals surface area (Å²) in [5, 5.41) is 12.5. The van der Waals surface area contributed by atoms with Gasteiger partial charge in [0.2, 0.25) is 0 Å². The quantitative estimate of drug-likeness (QED) is 0.840. The summed E-state index contributed by atoms with van der Waals surface area (Å²) in [6.45, 7) is 0.737. The van der Waals surface area contributed by atoms with Crippen LogP contribution in [0.1, 0.15) is 17.0 Å². The second kappa shape index (κ2) is 5.17. The minimum absolute atomic E-state index is 0.0654. The molecule has 1 unspecified atom stereocenters. The van der Waals surface area contributed by atoms with Crippen molar-refractivity contribution in [3.8, 4) is 5.75 Å². The molecule has 0 bridgehead atoms. The van der Waals surface area contributed by atoms with Gasteiger partial charge < -0.3 is 15.5 Å². The molecule has 0 fully saturated rings. The van der Waals surface area contributed by atoms with E-state index in [9.17, 15) is 0 Å². The van der Waals surface area contributed by atoms with E-state index in [0.29, 0.717) is 10.7 Å². The molecule has 0 aliphatic carbocycles. The number of rotatable bonds is 3. The molecule has 3 rings (SSSR count). The second-order valence-corrected chi connectivity index (χ2v) is 5.24. The number of hydrogen-bond donors (Lipinski definition) is 2. The number of anilines is 1. The molecule has 0 amide bonds. The molecule has 4 heteroatoms. The number of hydrogen-bond acceptors (Lipinski definition) is 3. The van der Waals surface area contributed by atoms with Gasteiger partial charge in [-0.15, -0.1) is 0 Å². The van der Waals surface area contributed by atoms with Crippen molar-refractivity contribution in [3.63, 3.8) is 0 Å². The van der Waals surface area contributed by atoms with Crippen LogP contribution in [-0.4, -0.2) is 19.4 Å². The van der Waals surface area contributed by atoms with Gasteiger partial charge in [0.25, 0.3) is 0 Å². The fourth-order valence-electron chi connectivity index (χ4n) is 2.54. The highest BCUT2D eigenvalue weighted by Crippen LogP contribution is 2.35. The van der Waals surface area contributed by atoms with E-state index >= 15 is 0 Å². The van der Waals surface area contributed by atoms with Crippen LogP contribution >= 0.6 is 11.6 Å². The zero-order valence-electron chi connectivity index (χ0n) is 11.1. The maximum Gasteiger partial charge on any atom is 0.118 e. The Balaban J connectivity index is 1.89. The van der Waals surface area contributed by atoms with Crippen LogP contribution in [0.25, 0.3) is 0 Å². The van der Waals surface area contributed by atoms with E-state index in [-0.39, 0.29) is 5.92 Å². The number of fused-ring (bicyclic) bond motifs is 1. The topological polar surface area (TPSA) is 45.1 Å². The monoisotopic (exact) mass is 286 g/mol. The van der Waals surface area contributed by atoms with Crippen molar-refractivity contribution < 1.29 is 4.74 Å². The summed E-state index contributed by atoms with van der Waals surface area (Å²) in [6, 6.07) is 13.4. The molecule has 20 heavy (non-hydrogen) atoms. The third-order valence-corrected chi connectivity index (χ3v) is 3.87. The van der Waals surface area contributed by atoms with Gasteiger partial charge in [-0.1, -0.05) is 17.7 Å². The summed E-state index contributed by atoms with van der Waals surface area (Å²) in [7, 11) is 1.64. The summed E-state index contributed by atoms with van der Waals surface area (Å²) in [5.41, 5.74) is 3.69. The zero-order valence-corrected chi connectivity index (χ0v) is 11.9. The first-order valence-corrected chi connectivity index (χ1v) is 6.83. The van der Waals surface area contributed by atoms with Gasteiger partial charge in [-0.25, -0.2) is 0 Å². The van der Waals surface area contributed by atoms with E-state index in [4.69, 9.17) is 21.7 Å². The Kier molecular flexibility index (Phi) is 3.36. The standard InChI is InChI=1S/C16H15ClN2O/c1-20-12-5-2-10(3-6-12)16(18)14-9-19-15-8-11(17)4-7-13(14)15/h2-8,14,18-19H,9H2,1H3. The van der Waals surface area contributed by atoms with Crippen LogP contribution in [0.2, 0.25) is 5.02 Å².